The summed E-state index contributed by atoms with van der Waals surface area (Å²) in [7, 11) is 5.46. The minimum Gasteiger partial charge on any atom is -0.388 e. The van der Waals surface area contributed by atoms with E-state index >= 15 is 0 Å². The predicted molar refractivity (Wildman–Crippen MR) is 94.9 cm³/mol. The third-order valence-electron chi connectivity index (χ3n) is 4.44. The maximum atomic E-state index is 4.25. The highest BCUT2D eigenvalue weighted by Gasteiger charge is 2.34. The van der Waals surface area contributed by atoms with Gasteiger partial charge in [0, 0.05) is 32.9 Å². The first-order chi connectivity index (χ1) is 10.5. The van der Waals surface area contributed by atoms with Crippen molar-refractivity contribution < 1.29 is 4.74 Å². The molecule has 1 aliphatic rings. The minimum absolute atomic E-state index is 0.456. The molecule has 2 aromatic carbocycles. The van der Waals surface area contributed by atoms with E-state index in [1.54, 1.807) is 14.2 Å². The minimum atomic E-state index is 0.456. The van der Waals surface area contributed by atoms with Gasteiger partial charge in [-0.2, -0.15) is 0 Å². The van der Waals surface area contributed by atoms with Crippen molar-refractivity contribution >= 4 is 5.69 Å². The average molecular weight is 297 g/mol. The van der Waals surface area contributed by atoms with E-state index in [1.165, 1.54) is 27.9 Å². The summed E-state index contributed by atoms with van der Waals surface area (Å²) in [6, 6.07) is 16.0. The van der Waals surface area contributed by atoms with Crippen LogP contribution in [0.15, 0.2) is 42.5 Å². The number of methoxy groups -OCH3 is 1. The first kappa shape index (κ1) is 16.6. The lowest BCUT2D eigenvalue weighted by molar-refractivity contribution is 0.277. The van der Waals surface area contributed by atoms with Gasteiger partial charge in [-0.1, -0.05) is 48.9 Å². The van der Waals surface area contributed by atoms with Crippen LogP contribution in [0.4, 0.5) is 5.69 Å². The molecule has 3 rings (SSSR count). The van der Waals surface area contributed by atoms with E-state index in [0.29, 0.717) is 12.0 Å². The van der Waals surface area contributed by atoms with Crippen LogP contribution in [0.5, 0.6) is 0 Å². The van der Waals surface area contributed by atoms with Crippen LogP contribution in [0.2, 0.25) is 0 Å². The molecule has 0 saturated heterocycles. The standard InChI is InChI=1S/C18H21N.C2H6O/c1-12-9-10-15(13(2)11-12)18-14(3)16-7-5-6-8-17(16)19(18)4;1-3-2/h5-11,14,18H,1-4H3;1-2H3. The van der Waals surface area contributed by atoms with Crippen LogP contribution in [-0.2, 0) is 4.74 Å². The summed E-state index contributed by atoms with van der Waals surface area (Å²) >= 11 is 0. The number of para-hydroxylation sites is 1. The Hall–Kier alpha value is -1.80. The van der Waals surface area contributed by atoms with Crippen LogP contribution >= 0.6 is 0 Å². The highest BCUT2D eigenvalue weighted by molar-refractivity contribution is 5.63. The zero-order chi connectivity index (χ0) is 16.3. The smallest absolute Gasteiger partial charge is 0.0608 e. The lowest BCUT2D eigenvalue weighted by Crippen LogP contribution is -2.22. The van der Waals surface area contributed by atoms with Gasteiger partial charge in [0.15, 0.2) is 0 Å². The number of aryl methyl sites for hydroxylation is 2. The van der Waals surface area contributed by atoms with E-state index < -0.39 is 0 Å². The molecule has 0 spiro atoms. The van der Waals surface area contributed by atoms with Gasteiger partial charge >= 0.3 is 0 Å². The van der Waals surface area contributed by atoms with Crippen molar-refractivity contribution in [2.75, 3.05) is 26.2 Å². The van der Waals surface area contributed by atoms with E-state index in [9.17, 15) is 0 Å². The summed E-state index contributed by atoms with van der Waals surface area (Å²) in [5, 5.41) is 0. The number of rotatable bonds is 1. The SMILES string of the molecule is COC.Cc1ccc(C2C(C)c3ccccc3N2C)c(C)c1. The molecule has 0 N–H and O–H groups in total. The van der Waals surface area contributed by atoms with Gasteiger partial charge in [0.25, 0.3) is 0 Å². The molecule has 2 aromatic rings. The van der Waals surface area contributed by atoms with Crippen molar-refractivity contribution in [3.05, 3.63) is 64.7 Å². The number of hydrogen-bond acceptors (Lipinski definition) is 2. The maximum Gasteiger partial charge on any atom is 0.0608 e. The predicted octanol–water partition coefficient (Wildman–Crippen LogP) is 4.86. The van der Waals surface area contributed by atoms with E-state index in [2.05, 4.69) is 79.9 Å². The van der Waals surface area contributed by atoms with Crippen molar-refractivity contribution in [2.24, 2.45) is 0 Å². The average Bonchev–Trinajstić information content (AvgIpc) is 2.73. The fraction of sp³-hybridized carbons (Fsp3) is 0.400. The molecule has 22 heavy (non-hydrogen) atoms. The second kappa shape index (κ2) is 6.97. The highest BCUT2D eigenvalue weighted by Crippen LogP contribution is 2.48. The van der Waals surface area contributed by atoms with Gasteiger partial charge in [0.1, 0.15) is 0 Å². The molecule has 2 unspecified atom stereocenters. The van der Waals surface area contributed by atoms with Gasteiger partial charge in [0.2, 0.25) is 0 Å². The summed E-state index contributed by atoms with van der Waals surface area (Å²) < 4.78 is 4.25. The lowest BCUT2D eigenvalue weighted by Gasteiger charge is -2.27. The molecular weight excluding hydrogens is 270 g/mol. The molecule has 118 valence electrons. The zero-order valence-electron chi connectivity index (χ0n) is 14.6. The Kier molecular flexibility index (Phi) is 5.25. The molecular formula is C20H27NO. The van der Waals surface area contributed by atoms with Gasteiger partial charge in [-0.15, -0.1) is 0 Å². The highest BCUT2D eigenvalue weighted by atomic mass is 16.4. The van der Waals surface area contributed by atoms with Gasteiger partial charge in [-0.3, -0.25) is 0 Å². The fourth-order valence-corrected chi connectivity index (χ4v) is 3.48. The molecule has 0 bridgehead atoms. The summed E-state index contributed by atoms with van der Waals surface area (Å²) in [6.45, 7) is 6.73. The van der Waals surface area contributed by atoms with E-state index in [4.69, 9.17) is 0 Å². The third kappa shape index (κ3) is 3.02. The van der Waals surface area contributed by atoms with Crippen molar-refractivity contribution in [2.45, 2.75) is 32.7 Å². The lowest BCUT2D eigenvalue weighted by atomic mass is 9.89. The first-order valence-corrected chi connectivity index (χ1v) is 7.80. The number of benzene rings is 2. The normalized spacial score (nSPS) is 19.5. The van der Waals surface area contributed by atoms with Crippen LogP contribution in [0.3, 0.4) is 0 Å². The second-order valence-corrected chi connectivity index (χ2v) is 6.17. The molecule has 0 aromatic heterocycles. The number of anilines is 1. The van der Waals surface area contributed by atoms with Crippen LogP contribution in [0.25, 0.3) is 0 Å². The Morgan fingerprint density at radius 3 is 2.18 bits per heavy atom. The Bertz CT molecular complexity index is 606. The molecule has 2 heteroatoms. The number of ether oxygens (including phenoxy) is 1. The molecule has 0 saturated carbocycles. The topological polar surface area (TPSA) is 12.5 Å². The molecule has 1 aliphatic heterocycles. The van der Waals surface area contributed by atoms with E-state index in [1.807, 2.05) is 0 Å². The van der Waals surface area contributed by atoms with Gasteiger partial charge in [0.05, 0.1) is 6.04 Å². The van der Waals surface area contributed by atoms with E-state index in [-0.39, 0.29) is 0 Å². The Morgan fingerprint density at radius 2 is 1.59 bits per heavy atom. The quantitative estimate of drug-likeness (QED) is 0.745. The van der Waals surface area contributed by atoms with Crippen LogP contribution in [-0.4, -0.2) is 21.3 Å². The molecule has 2 nitrogen and oxygen atoms in total. The Morgan fingerprint density at radius 1 is 0.955 bits per heavy atom. The number of likely N-dealkylation sites (N-methyl/N-ethyl adjacent to an activating group) is 1. The largest absolute Gasteiger partial charge is 0.388 e. The van der Waals surface area contributed by atoms with Gasteiger partial charge in [-0.05, 0) is 36.6 Å². The van der Waals surface area contributed by atoms with Gasteiger partial charge in [-0.25, -0.2) is 0 Å². The van der Waals surface area contributed by atoms with Crippen LogP contribution in [0.1, 0.15) is 41.1 Å². The van der Waals surface area contributed by atoms with Crippen molar-refractivity contribution in [1.82, 2.24) is 0 Å². The number of hydrogen-bond donors (Lipinski definition) is 0. The molecule has 1 heterocycles. The summed E-state index contributed by atoms with van der Waals surface area (Å²) in [5.74, 6) is 0.544. The van der Waals surface area contributed by atoms with Crippen molar-refractivity contribution in [3.8, 4) is 0 Å². The molecule has 0 fully saturated rings. The van der Waals surface area contributed by atoms with Crippen molar-refractivity contribution in [1.29, 1.82) is 0 Å². The zero-order valence-corrected chi connectivity index (χ0v) is 14.6. The van der Waals surface area contributed by atoms with Gasteiger partial charge < -0.3 is 9.64 Å². The summed E-state index contributed by atoms with van der Waals surface area (Å²) in [6.07, 6.45) is 0. The number of nitrogens with zero attached hydrogens (tertiary/aromatic N) is 1. The Balaban J connectivity index is 0.000000545. The third-order valence-corrected chi connectivity index (χ3v) is 4.44. The monoisotopic (exact) mass is 297 g/mol. The van der Waals surface area contributed by atoms with Crippen LogP contribution in [0, 0.1) is 13.8 Å². The Labute approximate surface area is 134 Å². The number of fused-ring (bicyclic) bond motifs is 1. The molecule has 0 amide bonds. The maximum absolute atomic E-state index is 4.25. The summed E-state index contributed by atoms with van der Waals surface area (Å²) in [5.41, 5.74) is 7.04. The van der Waals surface area contributed by atoms with Crippen molar-refractivity contribution in [3.63, 3.8) is 0 Å². The molecule has 0 aliphatic carbocycles. The van der Waals surface area contributed by atoms with Crippen LogP contribution < -0.4 is 4.90 Å². The van der Waals surface area contributed by atoms with E-state index in [0.717, 1.165) is 0 Å². The fourth-order valence-electron chi connectivity index (χ4n) is 3.48. The second-order valence-electron chi connectivity index (χ2n) is 6.17. The molecule has 2 atom stereocenters. The summed E-state index contributed by atoms with van der Waals surface area (Å²) in [4.78, 5) is 2.43. The first-order valence-electron chi connectivity index (χ1n) is 7.80. The molecule has 0 radical (unpaired) electrons.